The number of fused-ring (bicyclic) bond motifs is 1. The van der Waals surface area contributed by atoms with Crippen LogP contribution in [-0.2, 0) is 0 Å². The van der Waals surface area contributed by atoms with Gasteiger partial charge in [0.05, 0.1) is 5.52 Å². The van der Waals surface area contributed by atoms with Crippen molar-refractivity contribution < 1.29 is 4.79 Å². The Labute approximate surface area is 248 Å². The summed E-state index contributed by atoms with van der Waals surface area (Å²) in [6.07, 6.45) is 2.29. The van der Waals surface area contributed by atoms with Gasteiger partial charge in [0.2, 0.25) is 0 Å². The van der Waals surface area contributed by atoms with Gasteiger partial charge < -0.3 is 5.73 Å². The predicted molar refractivity (Wildman–Crippen MR) is 180 cm³/mol. The molecule has 0 spiro atoms. The van der Waals surface area contributed by atoms with E-state index in [0.717, 1.165) is 16.8 Å². The number of hydrogen-bond acceptors (Lipinski definition) is 3. The summed E-state index contributed by atoms with van der Waals surface area (Å²) in [5.74, 6) is 0.508. The Kier molecular flexibility index (Phi) is 23.0. The van der Waals surface area contributed by atoms with Gasteiger partial charge in [-0.3, -0.25) is 9.78 Å². The minimum atomic E-state index is 0. The van der Waals surface area contributed by atoms with Crippen LogP contribution in [0.5, 0.6) is 0 Å². The van der Waals surface area contributed by atoms with Crippen molar-refractivity contribution in [3.63, 3.8) is 0 Å². The van der Waals surface area contributed by atoms with E-state index >= 15 is 0 Å². The molecule has 214 valence electrons. The number of rotatable bonds is 4. The van der Waals surface area contributed by atoms with Crippen molar-refractivity contribution in [1.29, 1.82) is 0 Å². The number of nitrogen functional groups attached to an aromatic ring is 1. The molecule has 0 unspecified atom stereocenters. The third kappa shape index (κ3) is 13.7. The third-order valence-electron chi connectivity index (χ3n) is 4.95. The van der Waals surface area contributed by atoms with E-state index < -0.39 is 0 Å². The summed E-state index contributed by atoms with van der Waals surface area (Å²) in [6.45, 7) is 8.00. The third-order valence-corrected chi connectivity index (χ3v) is 5.14. The number of carbonyl (C=O) groups excluding carboxylic acids is 1. The smallest absolute Gasteiger partial charge is 0.164 e. The van der Waals surface area contributed by atoms with E-state index in [9.17, 15) is 4.79 Å². The minimum Gasteiger partial charge on any atom is -0.399 e. The summed E-state index contributed by atoms with van der Waals surface area (Å²) < 4.78 is 0. The van der Waals surface area contributed by atoms with Crippen LogP contribution in [0.1, 0.15) is 59.3 Å². The van der Waals surface area contributed by atoms with Gasteiger partial charge in [-0.15, -0.1) is 11.6 Å². The van der Waals surface area contributed by atoms with Crippen LogP contribution in [0.15, 0.2) is 128 Å². The number of ketones is 1. The molecule has 0 aliphatic heterocycles. The number of Topliss-reactive ketones (excluding diaryl/α,β-unsaturated/α-hetero) is 1. The van der Waals surface area contributed by atoms with E-state index in [0.29, 0.717) is 12.3 Å². The topological polar surface area (TPSA) is 56.0 Å². The molecule has 0 saturated heterocycles. The van der Waals surface area contributed by atoms with Crippen molar-refractivity contribution in [3.05, 3.63) is 133 Å². The average Bonchev–Trinajstić information content (AvgIpc) is 3.01. The van der Waals surface area contributed by atoms with E-state index in [1.807, 2.05) is 101 Å². The molecular formula is C36H47ClN2O. The minimum absolute atomic E-state index is 0. The van der Waals surface area contributed by atoms with Crippen molar-refractivity contribution in [3.8, 4) is 11.1 Å². The molecule has 4 aromatic carbocycles. The summed E-state index contributed by atoms with van der Waals surface area (Å²) in [5.41, 5.74) is 10.4. The number of benzene rings is 4. The van der Waals surface area contributed by atoms with Gasteiger partial charge in [-0.1, -0.05) is 140 Å². The lowest BCUT2D eigenvalue weighted by atomic mass is 10.0. The SMILES string of the molecule is C.C.CC.CC.Nc1ccccc1.O=C(CCCl)c1ccccc1.c1ccc(-c2ccnc3ccccc23)cc1. The quantitative estimate of drug-likeness (QED) is 0.135. The van der Waals surface area contributed by atoms with Crippen molar-refractivity contribution in [2.24, 2.45) is 0 Å². The molecule has 5 rings (SSSR count). The van der Waals surface area contributed by atoms with Gasteiger partial charge in [0.15, 0.2) is 5.78 Å². The fourth-order valence-corrected chi connectivity index (χ4v) is 3.44. The molecule has 2 N–H and O–H groups in total. The largest absolute Gasteiger partial charge is 0.399 e. The molecule has 40 heavy (non-hydrogen) atoms. The highest BCUT2D eigenvalue weighted by atomic mass is 35.5. The van der Waals surface area contributed by atoms with E-state index in [-0.39, 0.29) is 20.6 Å². The second-order valence-electron chi connectivity index (χ2n) is 7.38. The van der Waals surface area contributed by atoms with Gasteiger partial charge >= 0.3 is 0 Å². The van der Waals surface area contributed by atoms with E-state index in [4.69, 9.17) is 17.3 Å². The summed E-state index contributed by atoms with van der Waals surface area (Å²) in [5, 5.41) is 1.20. The number of anilines is 1. The number of aromatic nitrogens is 1. The van der Waals surface area contributed by atoms with Crippen LogP contribution < -0.4 is 5.73 Å². The number of nitrogens with zero attached hydrogens (tertiary/aromatic N) is 1. The molecule has 0 radical (unpaired) electrons. The zero-order valence-electron chi connectivity index (χ0n) is 22.8. The fourth-order valence-electron chi connectivity index (χ4n) is 3.27. The molecule has 0 fully saturated rings. The van der Waals surface area contributed by atoms with E-state index in [1.54, 1.807) is 12.1 Å². The molecule has 0 atom stereocenters. The Morgan fingerprint density at radius 2 is 1.15 bits per heavy atom. The number of carbonyl (C=O) groups is 1. The lowest BCUT2D eigenvalue weighted by Crippen LogP contribution is -1.98. The van der Waals surface area contributed by atoms with Crippen LogP contribution in [0.25, 0.3) is 22.0 Å². The molecule has 0 aliphatic rings. The summed E-state index contributed by atoms with van der Waals surface area (Å²) in [6, 6.07) is 39.4. The molecule has 0 saturated carbocycles. The van der Waals surface area contributed by atoms with Gasteiger partial charge in [-0.05, 0) is 35.4 Å². The Hall–Kier alpha value is -3.95. The predicted octanol–water partition coefficient (Wildman–Crippen LogP) is 11.0. The van der Waals surface area contributed by atoms with Crippen LogP contribution in [-0.4, -0.2) is 16.6 Å². The first-order valence-electron chi connectivity index (χ1n) is 13.0. The average molecular weight is 559 g/mol. The van der Waals surface area contributed by atoms with Crippen LogP contribution >= 0.6 is 11.6 Å². The summed E-state index contributed by atoms with van der Waals surface area (Å²) in [4.78, 5) is 15.5. The van der Waals surface area contributed by atoms with Crippen LogP contribution in [0, 0.1) is 0 Å². The van der Waals surface area contributed by atoms with Crippen molar-refractivity contribution in [2.45, 2.75) is 49.0 Å². The first kappa shape index (κ1) is 38.2. The normalized spacial score (nSPS) is 8.62. The number of para-hydroxylation sites is 2. The Balaban J connectivity index is 0. The number of halogens is 1. The van der Waals surface area contributed by atoms with Gasteiger partial charge in [0.25, 0.3) is 0 Å². The lowest BCUT2D eigenvalue weighted by Gasteiger charge is -2.05. The maximum absolute atomic E-state index is 11.2. The van der Waals surface area contributed by atoms with Crippen molar-refractivity contribution in [1.82, 2.24) is 4.98 Å². The molecule has 0 amide bonds. The zero-order valence-corrected chi connectivity index (χ0v) is 23.6. The maximum Gasteiger partial charge on any atom is 0.164 e. The van der Waals surface area contributed by atoms with E-state index in [2.05, 4.69) is 47.4 Å². The van der Waals surface area contributed by atoms with Gasteiger partial charge in [-0.2, -0.15) is 0 Å². The molecule has 1 aromatic heterocycles. The Morgan fingerprint density at radius 3 is 1.65 bits per heavy atom. The standard InChI is InChI=1S/C15H11N.C9H9ClO.C6H7N.2C2H6.2CH4/c1-2-6-12(7-3-1)13-10-11-16-15-9-5-4-8-14(13)15;10-7-6-9(11)8-4-2-1-3-5-8;7-6-4-2-1-3-5-6;2*1-2;;/h1-11H;1-5H,6-7H2;1-5H,7H2;2*1-2H3;2*1H4. The second kappa shape index (κ2) is 24.1. The summed E-state index contributed by atoms with van der Waals surface area (Å²) in [7, 11) is 0. The molecule has 4 heteroatoms. The number of hydrogen-bond donors (Lipinski definition) is 1. The van der Waals surface area contributed by atoms with Crippen molar-refractivity contribution >= 4 is 34.0 Å². The van der Waals surface area contributed by atoms with Crippen LogP contribution in [0.3, 0.4) is 0 Å². The Bertz CT molecular complexity index is 1270. The molecule has 5 aromatic rings. The number of pyridine rings is 1. The number of nitrogens with two attached hydrogens (primary N) is 1. The fraction of sp³-hybridized carbons (Fsp3) is 0.222. The maximum atomic E-state index is 11.2. The number of alkyl halides is 1. The summed E-state index contributed by atoms with van der Waals surface area (Å²) >= 11 is 5.43. The lowest BCUT2D eigenvalue weighted by molar-refractivity contribution is 0.0989. The van der Waals surface area contributed by atoms with Crippen molar-refractivity contribution in [2.75, 3.05) is 11.6 Å². The molecule has 1 heterocycles. The Morgan fingerprint density at radius 1 is 0.675 bits per heavy atom. The van der Waals surface area contributed by atoms with E-state index in [1.165, 1.54) is 16.5 Å². The van der Waals surface area contributed by atoms with Gasteiger partial charge in [0, 0.05) is 35.1 Å². The first-order chi connectivity index (χ1) is 18.7. The molecule has 0 bridgehead atoms. The highest BCUT2D eigenvalue weighted by Gasteiger charge is 2.03. The van der Waals surface area contributed by atoms with Crippen LogP contribution in [0.2, 0.25) is 0 Å². The molecule has 3 nitrogen and oxygen atoms in total. The first-order valence-corrected chi connectivity index (χ1v) is 13.6. The van der Waals surface area contributed by atoms with Gasteiger partial charge in [-0.25, -0.2) is 0 Å². The highest BCUT2D eigenvalue weighted by molar-refractivity contribution is 6.19. The monoisotopic (exact) mass is 558 g/mol. The molecular weight excluding hydrogens is 512 g/mol. The molecule has 0 aliphatic carbocycles. The zero-order chi connectivity index (χ0) is 28.0. The van der Waals surface area contributed by atoms with Gasteiger partial charge in [0.1, 0.15) is 0 Å². The highest BCUT2D eigenvalue weighted by Crippen LogP contribution is 2.26. The second-order valence-corrected chi connectivity index (χ2v) is 7.76. The van der Waals surface area contributed by atoms with Crippen LogP contribution in [0.4, 0.5) is 5.69 Å².